The molecule has 0 radical (unpaired) electrons. The predicted octanol–water partition coefficient (Wildman–Crippen LogP) is 2.27. The fourth-order valence-electron chi connectivity index (χ4n) is 3.25. The lowest BCUT2D eigenvalue weighted by Crippen LogP contribution is -2.43. The minimum Gasteiger partial charge on any atom is -0.474 e. The molecular formula is C16H21F2N5OS. The van der Waals surface area contributed by atoms with E-state index in [1.54, 1.807) is 6.07 Å². The van der Waals surface area contributed by atoms with Gasteiger partial charge < -0.3 is 15.5 Å². The number of ether oxygens (including phenoxy) is 1. The van der Waals surface area contributed by atoms with E-state index >= 15 is 0 Å². The highest BCUT2D eigenvalue weighted by atomic mass is 32.2. The third kappa shape index (κ3) is 3.94. The smallest absolute Gasteiger partial charge is 0.233 e. The summed E-state index contributed by atoms with van der Waals surface area (Å²) in [6, 6.07) is 4.96. The molecule has 2 bridgehead atoms. The van der Waals surface area contributed by atoms with Gasteiger partial charge in [0.15, 0.2) is 5.84 Å². The highest BCUT2D eigenvalue weighted by Gasteiger charge is 2.41. The normalized spacial score (nSPS) is 26.6. The van der Waals surface area contributed by atoms with Gasteiger partial charge in [0.2, 0.25) is 12.1 Å². The number of hydrazine groups is 1. The maximum absolute atomic E-state index is 14.5. The molecule has 2 heterocycles. The van der Waals surface area contributed by atoms with Crippen molar-refractivity contribution in [3.05, 3.63) is 24.0 Å². The van der Waals surface area contributed by atoms with Crippen LogP contribution in [0.3, 0.4) is 0 Å². The maximum Gasteiger partial charge on any atom is 0.233 e. The molecular weight excluding hydrogens is 348 g/mol. The number of rotatable bonds is 5. The number of benzene rings is 1. The molecule has 4 unspecified atom stereocenters. The zero-order valence-corrected chi connectivity index (χ0v) is 14.6. The molecule has 136 valence electrons. The molecule has 6 nitrogen and oxygen atoms in total. The summed E-state index contributed by atoms with van der Waals surface area (Å²) in [5.74, 6) is 3.80. The standard InChI is InChI=1S/C16H21F2N5OS/c1-25-9-3-5-11(10(17)7-9)22-16(23-20)14(18)15(19)24-13-6-8-2-4-12(13)21-8/h3,5,7-8,12-14,19,21H,2,4,6,20H2,1H3,(H,22,23). The highest BCUT2D eigenvalue weighted by molar-refractivity contribution is 7.98. The highest BCUT2D eigenvalue weighted by Crippen LogP contribution is 2.31. The minimum absolute atomic E-state index is 0.0530. The van der Waals surface area contributed by atoms with E-state index in [1.807, 2.05) is 6.26 Å². The molecule has 1 aromatic rings. The Balaban J connectivity index is 1.69. The summed E-state index contributed by atoms with van der Waals surface area (Å²) in [6.45, 7) is 0. The van der Waals surface area contributed by atoms with E-state index in [0.29, 0.717) is 6.04 Å². The second kappa shape index (κ2) is 7.67. The van der Waals surface area contributed by atoms with E-state index in [1.165, 1.54) is 23.9 Å². The van der Waals surface area contributed by atoms with Crippen LogP contribution in [0.2, 0.25) is 0 Å². The van der Waals surface area contributed by atoms with Crippen LogP contribution in [0.15, 0.2) is 28.1 Å². The van der Waals surface area contributed by atoms with Crippen LogP contribution in [0.25, 0.3) is 0 Å². The van der Waals surface area contributed by atoms with Crippen LogP contribution in [0, 0.1) is 11.2 Å². The first-order valence-electron chi connectivity index (χ1n) is 8.05. The van der Waals surface area contributed by atoms with Gasteiger partial charge in [0.1, 0.15) is 17.6 Å². The molecule has 0 saturated carbocycles. The fourth-order valence-corrected chi connectivity index (χ4v) is 3.67. The van der Waals surface area contributed by atoms with Gasteiger partial charge in [-0.2, -0.15) is 0 Å². The lowest BCUT2D eigenvalue weighted by atomic mass is 9.98. The number of nitrogens with two attached hydrogens (primary N) is 1. The number of amidine groups is 1. The number of halogens is 2. The van der Waals surface area contributed by atoms with Crippen LogP contribution in [-0.4, -0.2) is 42.3 Å². The van der Waals surface area contributed by atoms with Crippen molar-refractivity contribution in [3.8, 4) is 0 Å². The first-order chi connectivity index (χ1) is 12.0. The number of hydrogen-bond donors (Lipinski definition) is 4. The van der Waals surface area contributed by atoms with Gasteiger partial charge in [-0.05, 0) is 37.3 Å². The zero-order valence-electron chi connectivity index (χ0n) is 13.8. The van der Waals surface area contributed by atoms with E-state index in [9.17, 15) is 8.78 Å². The first kappa shape index (κ1) is 18.1. The van der Waals surface area contributed by atoms with Crippen molar-refractivity contribution < 1.29 is 13.5 Å². The van der Waals surface area contributed by atoms with E-state index < -0.39 is 17.9 Å². The number of thioether (sulfide) groups is 1. The first-order valence-corrected chi connectivity index (χ1v) is 9.28. The Morgan fingerprint density at radius 3 is 2.88 bits per heavy atom. The summed E-state index contributed by atoms with van der Waals surface area (Å²) in [4.78, 5) is 4.61. The summed E-state index contributed by atoms with van der Waals surface area (Å²) < 4.78 is 34.0. The third-order valence-electron chi connectivity index (χ3n) is 4.53. The number of nitrogens with one attached hydrogen (secondary N) is 3. The molecule has 2 saturated heterocycles. The second-order valence-electron chi connectivity index (χ2n) is 6.12. The molecule has 2 aliphatic heterocycles. The van der Waals surface area contributed by atoms with Gasteiger partial charge in [-0.1, -0.05) is 0 Å². The molecule has 0 aliphatic carbocycles. The maximum atomic E-state index is 14.5. The average Bonchev–Trinajstić information content (AvgIpc) is 3.23. The van der Waals surface area contributed by atoms with Crippen molar-refractivity contribution in [1.82, 2.24) is 10.7 Å². The van der Waals surface area contributed by atoms with Gasteiger partial charge in [-0.3, -0.25) is 5.41 Å². The molecule has 25 heavy (non-hydrogen) atoms. The molecule has 4 atom stereocenters. The van der Waals surface area contributed by atoms with Crippen molar-refractivity contribution in [2.45, 2.75) is 48.5 Å². The van der Waals surface area contributed by atoms with Crippen LogP contribution in [0.5, 0.6) is 0 Å². The molecule has 0 aromatic heterocycles. The van der Waals surface area contributed by atoms with Gasteiger partial charge >= 0.3 is 0 Å². The molecule has 5 N–H and O–H groups in total. The van der Waals surface area contributed by atoms with Crippen LogP contribution >= 0.6 is 11.8 Å². The molecule has 2 aliphatic rings. The van der Waals surface area contributed by atoms with Gasteiger partial charge in [0.05, 0.1) is 0 Å². The molecule has 2 fully saturated rings. The Labute approximate surface area is 149 Å². The zero-order chi connectivity index (χ0) is 18.0. The summed E-state index contributed by atoms with van der Waals surface area (Å²) in [7, 11) is 0. The number of alkyl halides is 1. The Morgan fingerprint density at radius 1 is 1.52 bits per heavy atom. The number of hydrogen-bond acceptors (Lipinski definition) is 6. The average molecular weight is 369 g/mol. The van der Waals surface area contributed by atoms with Crippen molar-refractivity contribution in [1.29, 1.82) is 5.41 Å². The Kier molecular flexibility index (Phi) is 5.55. The summed E-state index contributed by atoms with van der Waals surface area (Å²) in [5.41, 5.74) is 2.06. The lowest BCUT2D eigenvalue weighted by molar-refractivity contribution is 0.144. The molecule has 1 aromatic carbocycles. The van der Waals surface area contributed by atoms with E-state index in [0.717, 1.165) is 24.2 Å². The van der Waals surface area contributed by atoms with Crippen molar-refractivity contribution >= 4 is 29.2 Å². The topological polar surface area (TPSA) is 95.5 Å². The molecule has 0 spiro atoms. The number of nitrogens with zero attached hydrogens (tertiary/aromatic N) is 1. The third-order valence-corrected chi connectivity index (χ3v) is 5.26. The van der Waals surface area contributed by atoms with Crippen LogP contribution in [0.4, 0.5) is 14.5 Å². The predicted molar refractivity (Wildman–Crippen MR) is 94.7 cm³/mol. The number of aliphatic imine (C=N–C) groups is 1. The largest absolute Gasteiger partial charge is 0.474 e. The van der Waals surface area contributed by atoms with Crippen molar-refractivity contribution in [3.63, 3.8) is 0 Å². The molecule has 9 heteroatoms. The van der Waals surface area contributed by atoms with Crippen molar-refractivity contribution in [2.75, 3.05) is 6.26 Å². The fraction of sp³-hybridized carbons (Fsp3) is 0.500. The summed E-state index contributed by atoms with van der Waals surface area (Å²) >= 11 is 1.39. The number of fused-ring (bicyclic) bond motifs is 2. The van der Waals surface area contributed by atoms with Gasteiger partial charge in [0.25, 0.3) is 0 Å². The van der Waals surface area contributed by atoms with E-state index in [-0.39, 0.29) is 23.7 Å². The molecule has 0 amide bonds. The van der Waals surface area contributed by atoms with Crippen LogP contribution in [-0.2, 0) is 4.74 Å². The van der Waals surface area contributed by atoms with Gasteiger partial charge in [-0.25, -0.2) is 19.6 Å². The summed E-state index contributed by atoms with van der Waals surface area (Å²) in [6.07, 6.45) is 2.42. The minimum atomic E-state index is -1.98. The second-order valence-corrected chi connectivity index (χ2v) is 7.00. The van der Waals surface area contributed by atoms with E-state index in [2.05, 4.69) is 15.7 Å². The Morgan fingerprint density at radius 2 is 2.32 bits per heavy atom. The van der Waals surface area contributed by atoms with Gasteiger partial charge in [0, 0.05) is 23.4 Å². The Hall–Kier alpha value is -1.71. The molecule has 3 rings (SSSR count). The van der Waals surface area contributed by atoms with Crippen LogP contribution < -0.4 is 16.6 Å². The van der Waals surface area contributed by atoms with E-state index in [4.69, 9.17) is 16.0 Å². The quantitative estimate of drug-likeness (QED) is 0.210. The SMILES string of the molecule is CSc1ccc(N=C(NN)C(F)C(=N)OC2CC3CCC2N3)c(F)c1. The summed E-state index contributed by atoms with van der Waals surface area (Å²) in [5, 5.41) is 11.2. The Bertz CT molecular complexity index is 686. The van der Waals surface area contributed by atoms with Crippen molar-refractivity contribution in [2.24, 2.45) is 10.8 Å². The monoisotopic (exact) mass is 369 g/mol. The lowest BCUT2D eigenvalue weighted by Gasteiger charge is -2.23. The van der Waals surface area contributed by atoms with Gasteiger partial charge in [-0.15, -0.1) is 11.8 Å². The van der Waals surface area contributed by atoms with Crippen LogP contribution in [0.1, 0.15) is 19.3 Å².